The van der Waals surface area contributed by atoms with Crippen LogP contribution in [0.3, 0.4) is 0 Å². The number of anilines is 1. The molecular weight excluding hydrogens is 396 g/mol. The predicted octanol–water partition coefficient (Wildman–Crippen LogP) is 3.53. The second-order valence-corrected chi connectivity index (χ2v) is 7.20. The fraction of sp³-hybridized carbons (Fsp3) is 0.0714. The molecule has 0 aliphatic carbocycles. The standard InChI is InChI=1S/C14H10BrF2NO4S/c1-7-2-3-8(15)4-13(7)23(21,22)18-12-5-9(14(19)20)10(16)6-11(12)17/h2-6,18H,1H3,(H,19,20). The summed E-state index contributed by atoms with van der Waals surface area (Å²) in [5.41, 5.74) is -1.08. The molecule has 0 aliphatic heterocycles. The van der Waals surface area contributed by atoms with E-state index in [0.29, 0.717) is 22.2 Å². The van der Waals surface area contributed by atoms with E-state index >= 15 is 0 Å². The van der Waals surface area contributed by atoms with Crippen LogP contribution in [0.25, 0.3) is 0 Å². The molecule has 0 aromatic heterocycles. The zero-order valence-electron chi connectivity index (χ0n) is 11.6. The number of hydrogen-bond donors (Lipinski definition) is 2. The molecule has 2 N–H and O–H groups in total. The highest BCUT2D eigenvalue weighted by Gasteiger charge is 2.22. The van der Waals surface area contributed by atoms with Crippen LogP contribution in [0.15, 0.2) is 39.7 Å². The van der Waals surface area contributed by atoms with Crippen LogP contribution >= 0.6 is 15.9 Å². The number of halogens is 3. The van der Waals surface area contributed by atoms with Gasteiger partial charge >= 0.3 is 5.97 Å². The van der Waals surface area contributed by atoms with Gasteiger partial charge in [-0.05, 0) is 30.7 Å². The van der Waals surface area contributed by atoms with Crippen molar-refractivity contribution in [1.82, 2.24) is 0 Å². The highest BCUT2D eigenvalue weighted by molar-refractivity contribution is 9.10. The van der Waals surface area contributed by atoms with Gasteiger partial charge in [-0.15, -0.1) is 0 Å². The van der Waals surface area contributed by atoms with Crippen molar-refractivity contribution in [3.05, 3.63) is 57.6 Å². The summed E-state index contributed by atoms with van der Waals surface area (Å²) in [6, 6.07) is 5.40. The van der Waals surface area contributed by atoms with Gasteiger partial charge in [-0.3, -0.25) is 4.72 Å². The first-order valence-electron chi connectivity index (χ1n) is 6.13. The van der Waals surface area contributed by atoms with Crippen LogP contribution < -0.4 is 4.72 Å². The smallest absolute Gasteiger partial charge is 0.338 e. The van der Waals surface area contributed by atoms with Crippen LogP contribution in [0.2, 0.25) is 0 Å². The van der Waals surface area contributed by atoms with Crippen molar-refractivity contribution in [2.45, 2.75) is 11.8 Å². The van der Waals surface area contributed by atoms with Crippen molar-refractivity contribution in [3.8, 4) is 0 Å². The van der Waals surface area contributed by atoms with Crippen LogP contribution in [0.5, 0.6) is 0 Å². The topological polar surface area (TPSA) is 83.5 Å². The quantitative estimate of drug-likeness (QED) is 0.814. The first kappa shape index (κ1) is 17.4. The van der Waals surface area contributed by atoms with Gasteiger partial charge in [-0.2, -0.15) is 0 Å². The Labute approximate surface area is 139 Å². The first-order valence-corrected chi connectivity index (χ1v) is 8.41. The van der Waals surface area contributed by atoms with Gasteiger partial charge in [-0.1, -0.05) is 22.0 Å². The normalized spacial score (nSPS) is 11.3. The molecule has 2 aromatic rings. The molecule has 0 saturated carbocycles. The summed E-state index contributed by atoms with van der Waals surface area (Å²) in [6.07, 6.45) is 0. The Hall–Kier alpha value is -2.00. The predicted molar refractivity (Wildman–Crippen MR) is 83.0 cm³/mol. The van der Waals surface area contributed by atoms with E-state index in [4.69, 9.17) is 5.11 Å². The minimum Gasteiger partial charge on any atom is -0.478 e. The summed E-state index contributed by atoms with van der Waals surface area (Å²) in [4.78, 5) is 10.8. The van der Waals surface area contributed by atoms with Gasteiger partial charge in [0.05, 0.1) is 16.1 Å². The van der Waals surface area contributed by atoms with Crippen molar-refractivity contribution in [1.29, 1.82) is 0 Å². The Morgan fingerprint density at radius 1 is 1.17 bits per heavy atom. The molecule has 0 aliphatic rings. The van der Waals surface area contributed by atoms with E-state index in [1.165, 1.54) is 6.07 Å². The third-order valence-electron chi connectivity index (χ3n) is 2.97. The van der Waals surface area contributed by atoms with Crippen LogP contribution in [0.4, 0.5) is 14.5 Å². The van der Waals surface area contributed by atoms with E-state index in [0.717, 1.165) is 0 Å². The Morgan fingerprint density at radius 2 is 1.83 bits per heavy atom. The number of aromatic carboxylic acids is 1. The number of nitrogens with one attached hydrogen (secondary N) is 1. The Bertz CT molecular complexity index is 900. The van der Waals surface area contributed by atoms with Gasteiger partial charge in [0, 0.05) is 10.5 Å². The molecule has 0 atom stereocenters. The van der Waals surface area contributed by atoms with E-state index in [-0.39, 0.29) is 4.90 Å². The molecule has 0 unspecified atom stereocenters. The van der Waals surface area contributed by atoms with Gasteiger partial charge in [0.15, 0.2) is 0 Å². The fourth-order valence-corrected chi connectivity index (χ4v) is 3.70. The Balaban J connectivity index is 2.51. The van der Waals surface area contributed by atoms with E-state index in [9.17, 15) is 22.0 Å². The summed E-state index contributed by atoms with van der Waals surface area (Å²) in [6.45, 7) is 1.55. The summed E-state index contributed by atoms with van der Waals surface area (Å²) in [5, 5.41) is 8.83. The van der Waals surface area contributed by atoms with Gasteiger partial charge < -0.3 is 5.11 Å². The van der Waals surface area contributed by atoms with Crippen LogP contribution in [0.1, 0.15) is 15.9 Å². The number of carbonyl (C=O) groups is 1. The zero-order valence-corrected chi connectivity index (χ0v) is 14.0. The van der Waals surface area contributed by atoms with Crippen molar-refractivity contribution < 1.29 is 27.1 Å². The van der Waals surface area contributed by atoms with Gasteiger partial charge in [-0.25, -0.2) is 22.0 Å². The van der Waals surface area contributed by atoms with Gasteiger partial charge in [0.1, 0.15) is 11.6 Å². The lowest BCUT2D eigenvalue weighted by atomic mass is 10.2. The summed E-state index contributed by atoms with van der Waals surface area (Å²) in [7, 11) is -4.18. The van der Waals surface area contributed by atoms with Crippen LogP contribution in [-0.4, -0.2) is 19.5 Å². The Kier molecular flexibility index (Phi) is 4.71. The lowest BCUT2D eigenvalue weighted by molar-refractivity contribution is 0.0692. The number of hydrogen-bond acceptors (Lipinski definition) is 3. The van der Waals surface area contributed by atoms with Crippen molar-refractivity contribution in [2.24, 2.45) is 0 Å². The minimum absolute atomic E-state index is 0.118. The molecule has 5 nitrogen and oxygen atoms in total. The lowest BCUT2D eigenvalue weighted by Gasteiger charge is -2.12. The number of carboxylic acid groups (broad SMARTS) is 1. The largest absolute Gasteiger partial charge is 0.478 e. The molecule has 0 radical (unpaired) electrons. The number of aryl methyl sites for hydroxylation is 1. The molecule has 9 heteroatoms. The molecule has 122 valence electrons. The maximum absolute atomic E-state index is 13.8. The third-order valence-corrected chi connectivity index (χ3v) is 4.97. The highest BCUT2D eigenvalue weighted by atomic mass is 79.9. The van der Waals surface area contributed by atoms with E-state index < -0.39 is 38.9 Å². The molecular formula is C14H10BrF2NO4S. The zero-order chi connectivity index (χ0) is 17.4. The molecule has 0 bridgehead atoms. The second-order valence-electron chi connectivity index (χ2n) is 4.63. The van der Waals surface area contributed by atoms with Crippen molar-refractivity contribution >= 4 is 37.6 Å². The maximum atomic E-state index is 13.8. The second kappa shape index (κ2) is 6.25. The van der Waals surface area contributed by atoms with E-state index in [2.05, 4.69) is 15.9 Å². The molecule has 0 heterocycles. The summed E-state index contributed by atoms with van der Waals surface area (Å²) < 4.78 is 54.2. The van der Waals surface area contributed by atoms with Gasteiger partial charge in [0.2, 0.25) is 0 Å². The van der Waals surface area contributed by atoms with E-state index in [1.807, 2.05) is 4.72 Å². The molecule has 0 saturated heterocycles. The van der Waals surface area contributed by atoms with E-state index in [1.54, 1.807) is 19.1 Å². The highest BCUT2D eigenvalue weighted by Crippen LogP contribution is 2.26. The molecule has 0 fully saturated rings. The average Bonchev–Trinajstić information content (AvgIpc) is 2.43. The SMILES string of the molecule is Cc1ccc(Br)cc1S(=O)(=O)Nc1cc(C(=O)O)c(F)cc1F. The summed E-state index contributed by atoms with van der Waals surface area (Å²) in [5.74, 6) is -4.15. The lowest BCUT2D eigenvalue weighted by Crippen LogP contribution is -2.16. The molecule has 2 rings (SSSR count). The molecule has 0 spiro atoms. The van der Waals surface area contributed by atoms with Crippen molar-refractivity contribution in [3.63, 3.8) is 0 Å². The Morgan fingerprint density at radius 3 is 2.43 bits per heavy atom. The first-order chi connectivity index (χ1) is 10.6. The van der Waals surface area contributed by atoms with Crippen molar-refractivity contribution in [2.75, 3.05) is 4.72 Å². The molecule has 0 amide bonds. The van der Waals surface area contributed by atoms with Gasteiger partial charge in [0.25, 0.3) is 10.0 Å². The minimum atomic E-state index is -4.18. The summed E-state index contributed by atoms with van der Waals surface area (Å²) >= 11 is 3.14. The fourth-order valence-electron chi connectivity index (χ4n) is 1.85. The third kappa shape index (κ3) is 3.67. The van der Waals surface area contributed by atoms with Crippen LogP contribution in [-0.2, 0) is 10.0 Å². The monoisotopic (exact) mass is 405 g/mol. The van der Waals surface area contributed by atoms with Crippen LogP contribution in [0, 0.1) is 18.6 Å². The molecule has 23 heavy (non-hydrogen) atoms. The average molecular weight is 406 g/mol. The maximum Gasteiger partial charge on any atom is 0.338 e. The number of carboxylic acids is 1. The number of benzene rings is 2. The number of rotatable bonds is 4. The molecule has 2 aromatic carbocycles. The number of sulfonamides is 1.